The molecule has 0 bridgehead atoms. The number of benzene rings is 1. The van der Waals surface area contributed by atoms with Gasteiger partial charge in [-0.15, -0.1) is 0 Å². The van der Waals surface area contributed by atoms with Crippen LogP contribution in [0.15, 0.2) is 24.3 Å². The average molecular weight is 288 g/mol. The molecule has 1 heterocycles. The summed E-state index contributed by atoms with van der Waals surface area (Å²) in [6, 6.07) is 10.3. The van der Waals surface area contributed by atoms with Gasteiger partial charge in [-0.2, -0.15) is 0 Å². The minimum Gasteiger partial charge on any atom is -0.365 e. The van der Waals surface area contributed by atoms with E-state index in [2.05, 4.69) is 69.1 Å². The third kappa shape index (κ3) is 3.79. The lowest BCUT2D eigenvalue weighted by Crippen LogP contribution is -2.60. The summed E-state index contributed by atoms with van der Waals surface area (Å²) in [5.74, 6) is 1.40. The zero-order chi connectivity index (χ0) is 15.4. The summed E-state index contributed by atoms with van der Waals surface area (Å²) in [4.78, 5) is 2.65. The quantitative estimate of drug-likeness (QED) is 0.877. The van der Waals surface area contributed by atoms with Crippen LogP contribution in [0, 0.1) is 11.8 Å². The monoisotopic (exact) mass is 288 g/mol. The van der Waals surface area contributed by atoms with E-state index in [1.54, 1.807) is 0 Å². The molecule has 1 N–H and O–H groups in total. The van der Waals surface area contributed by atoms with E-state index >= 15 is 0 Å². The van der Waals surface area contributed by atoms with Crippen molar-refractivity contribution in [3.63, 3.8) is 0 Å². The van der Waals surface area contributed by atoms with Gasteiger partial charge in [0.25, 0.3) is 0 Å². The Morgan fingerprint density at radius 1 is 1.24 bits per heavy atom. The first-order valence-electron chi connectivity index (χ1n) is 8.65. The van der Waals surface area contributed by atoms with E-state index in [-0.39, 0.29) is 0 Å². The number of aryl methyl sites for hydroxylation is 1. The maximum absolute atomic E-state index is 3.79. The molecule has 2 heteroatoms. The molecule has 0 spiro atoms. The van der Waals surface area contributed by atoms with Gasteiger partial charge in [0, 0.05) is 30.9 Å². The molecule has 1 fully saturated rings. The van der Waals surface area contributed by atoms with Gasteiger partial charge in [0.05, 0.1) is 0 Å². The van der Waals surface area contributed by atoms with Gasteiger partial charge in [0.2, 0.25) is 0 Å². The molecule has 3 atom stereocenters. The second-order valence-corrected chi connectivity index (χ2v) is 6.89. The summed E-state index contributed by atoms with van der Waals surface area (Å²) >= 11 is 0. The molecule has 1 aromatic carbocycles. The maximum Gasteiger partial charge on any atom is 0.0438 e. The number of rotatable bonds is 5. The summed E-state index contributed by atoms with van der Waals surface area (Å²) in [5.41, 5.74) is 2.84. The lowest BCUT2D eigenvalue weighted by Gasteiger charge is -2.45. The van der Waals surface area contributed by atoms with Gasteiger partial charge in [-0.3, -0.25) is 0 Å². The zero-order valence-corrected chi connectivity index (χ0v) is 14.4. The molecule has 1 aliphatic heterocycles. The van der Waals surface area contributed by atoms with Gasteiger partial charge in [0.15, 0.2) is 0 Å². The van der Waals surface area contributed by atoms with Gasteiger partial charge in [0.1, 0.15) is 0 Å². The van der Waals surface area contributed by atoms with E-state index in [1.165, 1.54) is 17.7 Å². The highest BCUT2D eigenvalue weighted by molar-refractivity contribution is 5.50. The van der Waals surface area contributed by atoms with Crippen LogP contribution in [0.1, 0.15) is 46.6 Å². The standard InChI is InChI=1S/C19H32N2/c1-6-15(5)18-13-21(19(12-20-18)14(3)4)17-10-8-9-16(7-2)11-17/h8-11,14-15,18-20H,6-7,12-13H2,1-5H3. The second kappa shape index (κ2) is 7.31. The number of hydrogen-bond donors (Lipinski definition) is 1. The van der Waals surface area contributed by atoms with Crippen LogP contribution in [-0.2, 0) is 6.42 Å². The predicted octanol–water partition coefficient (Wildman–Crippen LogP) is 4.10. The molecule has 0 aliphatic carbocycles. The lowest BCUT2D eigenvalue weighted by atomic mass is 9.91. The minimum absolute atomic E-state index is 0.595. The summed E-state index contributed by atoms with van der Waals surface area (Å²) in [5, 5.41) is 3.79. The van der Waals surface area contributed by atoms with Gasteiger partial charge in [-0.1, -0.05) is 53.2 Å². The normalized spacial score (nSPS) is 24.4. The predicted molar refractivity (Wildman–Crippen MR) is 93.0 cm³/mol. The summed E-state index contributed by atoms with van der Waals surface area (Å²) in [7, 11) is 0. The van der Waals surface area contributed by atoms with Crippen LogP contribution in [0.5, 0.6) is 0 Å². The molecular formula is C19H32N2. The second-order valence-electron chi connectivity index (χ2n) is 6.89. The van der Waals surface area contributed by atoms with E-state index in [0.717, 1.165) is 25.4 Å². The summed E-state index contributed by atoms with van der Waals surface area (Å²) in [6.07, 6.45) is 2.36. The SMILES string of the molecule is CCc1cccc(N2CC(C(C)CC)NCC2C(C)C)c1. The van der Waals surface area contributed by atoms with Crippen molar-refractivity contribution in [2.75, 3.05) is 18.0 Å². The van der Waals surface area contributed by atoms with Crippen molar-refractivity contribution < 1.29 is 0 Å². The Hall–Kier alpha value is -1.02. The molecule has 3 unspecified atom stereocenters. The summed E-state index contributed by atoms with van der Waals surface area (Å²) in [6.45, 7) is 13.8. The molecule has 1 saturated heterocycles. The maximum atomic E-state index is 3.79. The van der Waals surface area contributed by atoms with Crippen LogP contribution in [-0.4, -0.2) is 25.2 Å². The van der Waals surface area contributed by atoms with Crippen molar-refractivity contribution in [2.45, 2.75) is 59.5 Å². The van der Waals surface area contributed by atoms with Gasteiger partial charge < -0.3 is 10.2 Å². The number of nitrogens with zero attached hydrogens (tertiary/aromatic N) is 1. The zero-order valence-electron chi connectivity index (χ0n) is 14.4. The first-order valence-corrected chi connectivity index (χ1v) is 8.65. The Morgan fingerprint density at radius 3 is 2.62 bits per heavy atom. The van der Waals surface area contributed by atoms with Crippen LogP contribution >= 0.6 is 0 Å². The molecule has 1 aromatic rings. The molecule has 21 heavy (non-hydrogen) atoms. The fourth-order valence-corrected chi connectivity index (χ4v) is 3.31. The Bertz CT molecular complexity index is 441. The average Bonchev–Trinajstić information content (AvgIpc) is 2.53. The number of anilines is 1. The molecule has 0 radical (unpaired) electrons. The third-order valence-electron chi connectivity index (χ3n) is 5.13. The van der Waals surface area contributed by atoms with Crippen molar-refractivity contribution in [1.29, 1.82) is 0 Å². The highest BCUT2D eigenvalue weighted by Crippen LogP contribution is 2.27. The minimum atomic E-state index is 0.595. The van der Waals surface area contributed by atoms with E-state index in [9.17, 15) is 0 Å². The van der Waals surface area contributed by atoms with Crippen molar-refractivity contribution in [3.8, 4) is 0 Å². The topological polar surface area (TPSA) is 15.3 Å². The van der Waals surface area contributed by atoms with E-state index < -0.39 is 0 Å². The lowest BCUT2D eigenvalue weighted by molar-refractivity contribution is 0.281. The van der Waals surface area contributed by atoms with Crippen molar-refractivity contribution >= 4 is 5.69 Å². The molecule has 0 amide bonds. The van der Waals surface area contributed by atoms with Gasteiger partial charge >= 0.3 is 0 Å². The highest BCUT2D eigenvalue weighted by Gasteiger charge is 2.31. The van der Waals surface area contributed by atoms with Crippen LogP contribution in [0.25, 0.3) is 0 Å². The Morgan fingerprint density at radius 2 is 2.00 bits per heavy atom. The summed E-state index contributed by atoms with van der Waals surface area (Å²) < 4.78 is 0. The molecule has 118 valence electrons. The largest absolute Gasteiger partial charge is 0.365 e. The highest BCUT2D eigenvalue weighted by atomic mass is 15.2. The molecule has 0 aromatic heterocycles. The van der Waals surface area contributed by atoms with Crippen molar-refractivity contribution in [1.82, 2.24) is 5.32 Å². The first-order chi connectivity index (χ1) is 10.1. The number of hydrogen-bond acceptors (Lipinski definition) is 2. The van der Waals surface area contributed by atoms with Crippen LogP contribution in [0.3, 0.4) is 0 Å². The van der Waals surface area contributed by atoms with Crippen molar-refractivity contribution in [2.24, 2.45) is 11.8 Å². The van der Waals surface area contributed by atoms with Crippen LogP contribution in [0.4, 0.5) is 5.69 Å². The molecule has 2 rings (SSSR count). The Labute approximate surface area is 130 Å². The van der Waals surface area contributed by atoms with E-state index in [4.69, 9.17) is 0 Å². The molecule has 1 aliphatic rings. The van der Waals surface area contributed by atoms with Gasteiger partial charge in [-0.25, -0.2) is 0 Å². The van der Waals surface area contributed by atoms with E-state index in [0.29, 0.717) is 18.0 Å². The number of piperazine rings is 1. The fraction of sp³-hybridized carbons (Fsp3) is 0.684. The first kappa shape index (κ1) is 16.4. The molecule has 0 saturated carbocycles. The van der Waals surface area contributed by atoms with Crippen molar-refractivity contribution in [3.05, 3.63) is 29.8 Å². The molecule has 2 nitrogen and oxygen atoms in total. The van der Waals surface area contributed by atoms with E-state index in [1.807, 2.05) is 0 Å². The molecular weight excluding hydrogens is 256 g/mol. The Kier molecular flexibility index (Phi) is 5.69. The smallest absolute Gasteiger partial charge is 0.0438 e. The fourth-order valence-electron chi connectivity index (χ4n) is 3.31. The number of nitrogens with one attached hydrogen (secondary N) is 1. The Balaban J connectivity index is 2.24. The van der Waals surface area contributed by atoms with Crippen LogP contribution < -0.4 is 10.2 Å². The van der Waals surface area contributed by atoms with Gasteiger partial charge in [-0.05, 0) is 36.0 Å². The third-order valence-corrected chi connectivity index (χ3v) is 5.13. The van der Waals surface area contributed by atoms with Crippen LogP contribution in [0.2, 0.25) is 0 Å².